The lowest BCUT2D eigenvalue weighted by Crippen LogP contribution is -2.36. The Morgan fingerprint density at radius 3 is 2.38 bits per heavy atom. The van der Waals surface area contributed by atoms with Crippen molar-refractivity contribution in [2.75, 3.05) is 7.05 Å². The van der Waals surface area contributed by atoms with E-state index in [1.807, 2.05) is 26.0 Å². The maximum absolute atomic E-state index is 12.1. The number of hydrogen-bond acceptors (Lipinski definition) is 6. The molecule has 0 bridgehead atoms. The van der Waals surface area contributed by atoms with Gasteiger partial charge in [0.2, 0.25) is 0 Å². The average Bonchev–Trinajstić information content (AvgIpc) is 2.54. The van der Waals surface area contributed by atoms with E-state index in [1.165, 1.54) is 11.4 Å². The first-order chi connectivity index (χ1) is 11.2. The number of ketones is 1. The van der Waals surface area contributed by atoms with Crippen LogP contribution in [0.25, 0.3) is 0 Å². The van der Waals surface area contributed by atoms with Crippen LogP contribution in [0.15, 0.2) is 35.5 Å². The summed E-state index contributed by atoms with van der Waals surface area (Å²) in [5.41, 5.74) is 0.554. The van der Waals surface area contributed by atoms with Crippen LogP contribution in [0.1, 0.15) is 33.3 Å². The minimum absolute atomic E-state index is 0.000123. The van der Waals surface area contributed by atoms with Crippen LogP contribution in [0.4, 0.5) is 4.79 Å². The monoisotopic (exact) mass is 347 g/mol. The van der Waals surface area contributed by atoms with E-state index in [0.717, 1.165) is 11.9 Å². The summed E-state index contributed by atoms with van der Waals surface area (Å²) >= 11 is 1.06. The van der Waals surface area contributed by atoms with Gasteiger partial charge in [-0.2, -0.15) is 5.26 Å². The molecule has 0 aliphatic heterocycles. The average molecular weight is 347 g/mol. The molecule has 1 aromatic carbocycles. The van der Waals surface area contributed by atoms with Gasteiger partial charge >= 0.3 is 6.09 Å². The second kappa shape index (κ2) is 8.50. The quantitative estimate of drug-likeness (QED) is 0.339. The van der Waals surface area contributed by atoms with Gasteiger partial charge in [0.25, 0.3) is 0 Å². The third-order valence-electron chi connectivity index (χ3n) is 3.11. The Labute approximate surface area is 146 Å². The Bertz CT molecular complexity index is 663. The van der Waals surface area contributed by atoms with E-state index >= 15 is 0 Å². The number of carbonyl (C=O) groups excluding carboxylic acids is 2. The molecule has 128 valence electrons. The molecule has 0 spiro atoms. The fourth-order valence-electron chi connectivity index (χ4n) is 2.00. The Kier molecular flexibility index (Phi) is 6.98. The maximum Gasteiger partial charge on any atom is 0.445 e. The molecule has 0 radical (unpaired) electrons. The zero-order valence-corrected chi connectivity index (χ0v) is 15.3. The van der Waals surface area contributed by atoms with Gasteiger partial charge in [-0.3, -0.25) is 13.9 Å². The number of Topliss-reactive ketones (excluding diaryl/α,β-unsaturated/α-hetero) is 1. The first-order valence-corrected chi connectivity index (χ1v) is 8.18. The van der Waals surface area contributed by atoms with Gasteiger partial charge in [-0.05, 0) is 25.8 Å². The molecule has 0 aliphatic carbocycles. The molecule has 0 aromatic heterocycles. The van der Waals surface area contributed by atoms with Crippen LogP contribution < -0.4 is 0 Å². The van der Waals surface area contributed by atoms with E-state index < -0.39 is 10.8 Å². The van der Waals surface area contributed by atoms with Crippen LogP contribution >= 0.6 is 11.9 Å². The van der Waals surface area contributed by atoms with Crippen molar-refractivity contribution in [2.45, 2.75) is 32.4 Å². The van der Waals surface area contributed by atoms with Crippen LogP contribution in [-0.4, -0.2) is 33.7 Å². The number of carbonyl (C=O) groups is 2. The van der Waals surface area contributed by atoms with Crippen molar-refractivity contribution in [3.63, 3.8) is 0 Å². The summed E-state index contributed by atoms with van der Waals surface area (Å²) in [4.78, 5) is 29.0. The first-order valence-electron chi connectivity index (χ1n) is 7.40. The smallest absolute Gasteiger partial charge is 0.298 e. The van der Waals surface area contributed by atoms with Crippen molar-refractivity contribution in [3.05, 3.63) is 35.9 Å². The first kappa shape index (κ1) is 19.7. The molecule has 0 saturated heterocycles. The zero-order chi connectivity index (χ0) is 18.3. The van der Waals surface area contributed by atoms with Crippen molar-refractivity contribution in [1.82, 2.24) is 4.31 Å². The molecule has 0 aliphatic rings. The van der Waals surface area contributed by atoms with Crippen LogP contribution in [0.2, 0.25) is 0 Å². The number of amides is 1. The van der Waals surface area contributed by atoms with Gasteiger partial charge in [0.05, 0.1) is 4.75 Å². The summed E-state index contributed by atoms with van der Waals surface area (Å²) < 4.78 is 0.424. The second-order valence-corrected chi connectivity index (χ2v) is 7.64. The number of nitrogens with zero attached hydrogens (tertiary/aromatic N) is 3. The molecule has 24 heavy (non-hydrogen) atoms. The number of hydrogen-bond donors (Lipinski definition) is 0. The summed E-state index contributed by atoms with van der Waals surface area (Å²) in [6.07, 6.45) is -0.756. The Morgan fingerprint density at radius 1 is 1.29 bits per heavy atom. The van der Waals surface area contributed by atoms with E-state index in [2.05, 4.69) is 5.16 Å². The standard InChI is InChI=1S/C17H21N3O3S/c1-12(2)15(21)17(3,4)24-20(5)16(22)23-19-14(11-18)13-9-7-6-8-10-13/h6-10,12H,1-5H3. The molecule has 0 heterocycles. The molecule has 0 atom stereocenters. The third kappa shape index (κ3) is 5.39. The molecule has 0 unspecified atom stereocenters. The van der Waals surface area contributed by atoms with Crippen LogP contribution in [0, 0.1) is 17.2 Å². The number of oxime groups is 1. The van der Waals surface area contributed by atoms with Gasteiger partial charge in [-0.1, -0.05) is 49.3 Å². The maximum atomic E-state index is 12.1. The van der Waals surface area contributed by atoms with Gasteiger partial charge < -0.3 is 0 Å². The Balaban J connectivity index is 2.75. The van der Waals surface area contributed by atoms with E-state index in [1.54, 1.807) is 38.1 Å². The largest absolute Gasteiger partial charge is 0.445 e. The van der Waals surface area contributed by atoms with Gasteiger partial charge in [-0.15, -0.1) is 0 Å². The zero-order valence-electron chi connectivity index (χ0n) is 14.4. The van der Waals surface area contributed by atoms with Gasteiger partial charge in [0.15, 0.2) is 11.5 Å². The fraction of sp³-hybridized carbons (Fsp3) is 0.412. The molecule has 0 saturated carbocycles. The third-order valence-corrected chi connectivity index (χ3v) is 4.19. The van der Waals surface area contributed by atoms with Crippen LogP contribution in [-0.2, 0) is 9.63 Å². The van der Waals surface area contributed by atoms with Crippen molar-refractivity contribution in [1.29, 1.82) is 5.26 Å². The fourth-order valence-corrected chi connectivity index (χ4v) is 3.11. The van der Waals surface area contributed by atoms with Crippen LogP contribution in [0.3, 0.4) is 0 Å². The molecule has 0 fully saturated rings. The molecule has 6 nitrogen and oxygen atoms in total. The molecule has 1 rings (SSSR count). The highest BCUT2D eigenvalue weighted by atomic mass is 32.2. The highest BCUT2D eigenvalue weighted by molar-refractivity contribution is 7.99. The van der Waals surface area contributed by atoms with Gasteiger partial charge in [-0.25, -0.2) is 4.79 Å². The SMILES string of the molecule is CC(C)C(=O)C(C)(C)SN(C)C(=O)ON=C(C#N)c1ccccc1. The minimum Gasteiger partial charge on any atom is -0.298 e. The highest BCUT2D eigenvalue weighted by Gasteiger charge is 2.33. The van der Waals surface area contributed by atoms with Crippen molar-refractivity contribution in [2.24, 2.45) is 11.1 Å². The lowest BCUT2D eigenvalue weighted by Gasteiger charge is -2.28. The Hall–Kier alpha value is -2.33. The molecule has 1 amide bonds. The lowest BCUT2D eigenvalue weighted by atomic mass is 9.98. The lowest BCUT2D eigenvalue weighted by molar-refractivity contribution is -0.123. The number of benzene rings is 1. The van der Waals surface area contributed by atoms with E-state index in [4.69, 9.17) is 10.1 Å². The summed E-state index contributed by atoms with van der Waals surface area (Å²) in [5, 5.41) is 12.7. The van der Waals surface area contributed by atoms with E-state index in [0.29, 0.717) is 5.56 Å². The predicted octanol–water partition coefficient (Wildman–Crippen LogP) is 3.63. The number of nitriles is 1. The van der Waals surface area contributed by atoms with E-state index in [-0.39, 0.29) is 17.4 Å². The van der Waals surface area contributed by atoms with Crippen LogP contribution in [0.5, 0.6) is 0 Å². The second-order valence-electron chi connectivity index (χ2n) is 5.89. The number of rotatable bonds is 6. The summed E-state index contributed by atoms with van der Waals surface area (Å²) in [7, 11) is 1.49. The summed E-state index contributed by atoms with van der Waals surface area (Å²) in [6.45, 7) is 7.12. The summed E-state index contributed by atoms with van der Waals surface area (Å²) in [6, 6.07) is 10.6. The van der Waals surface area contributed by atoms with Crippen molar-refractivity contribution >= 4 is 29.5 Å². The Morgan fingerprint density at radius 2 is 1.88 bits per heavy atom. The minimum atomic E-state index is -0.775. The van der Waals surface area contributed by atoms with Crippen molar-refractivity contribution in [3.8, 4) is 6.07 Å². The molecular formula is C17H21N3O3S. The normalized spacial score (nSPS) is 11.8. The van der Waals surface area contributed by atoms with Crippen molar-refractivity contribution < 1.29 is 14.4 Å². The summed E-state index contributed by atoms with van der Waals surface area (Å²) in [5.74, 6) is -0.115. The molecule has 7 heteroatoms. The molecule has 0 N–H and O–H groups in total. The molecule has 1 aromatic rings. The predicted molar refractivity (Wildman–Crippen MR) is 94.4 cm³/mol. The highest BCUT2D eigenvalue weighted by Crippen LogP contribution is 2.30. The molecular weight excluding hydrogens is 326 g/mol. The topological polar surface area (TPSA) is 82.8 Å². The van der Waals surface area contributed by atoms with Gasteiger partial charge in [0.1, 0.15) is 6.07 Å². The van der Waals surface area contributed by atoms with E-state index in [9.17, 15) is 9.59 Å². The van der Waals surface area contributed by atoms with Gasteiger partial charge in [0, 0.05) is 18.5 Å².